The molecule has 5 rings (SSSR count). The lowest BCUT2D eigenvalue weighted by Gasteiger charge is -2.34. The third kappa shape index (κ3) is 7.52. The molecular weight excluding hydrogens is 597 g/mol. The van der Waals surface area contributed by atoms with Gasteiger partial charge in [-0.05, 0) is 123 Å². The predicted octanol–water partition coefficient (Wildman–Crippen LogP) is 7.61. The first-order chi connectivity index (χ1) is 20.7. The number of nitriles is 1. The molecular formula is C35H39Cl2N3O2S. The van der Waals surface area contributed by atoms with E-state index in [1.165, 1.54) is 5.56 Å². The van der Waals surface area contributed by atoms with Crippen LogP contribution in [0, 0.1) is 11.3 Å². The van der Waals surface area contributed by atoms with Crippen LogP contribution >= 0.6 is 23.2 Å². The van der Waals surface area contributed by atoms with E-state index in [9.17, 15) is 14.3 Å². The number of carbonyl (C=O) groups excluding carboxylic acids is 1. The highest BCUT2D eigenvalue weighted by Crippen LogP contribution is 2.34. The minimum Gasteiger partial charge on any atom is -0.341 e. The average molecular weight is 637 g/mol. The number of likely N-dealkylation sites (N-methyl/N-ethyl adjacent to an activating group) is 1. The van der Waals surface area contributed by atoms with E-state index >= 15 is 0 Å². The molecule has 2 aliphatic rings. The van der Waals surface area contributed by atoms with Crippen LogP contribution in [0.25, 0.3) is 0 Å². The van der Waals surface area contributed by atoms with Gasteiger partial charge in [-0.1, -0.05) is 47.5 Å². The molecule has 43 heavy (non-hydrogen) atoms. The van der Waals surface area contributed by atoms with Crippen molar-refractivity contribution >= 4 is 39.9 Å². The Labute approximate surface area is 268 Å². The second-order valence-electron chi connectivity index (χ2n) is 11.9. The molecule has 0 bridgehead atoms. The maximum absolute atomic E-state index is 13.9. The largest absolute Gasteiger partial charge is 0.341 e. The van der Waals surface area contributed by atoms with Crippen LogP contribution in [0.3, 0.4) is 0 Å². The summed E-state index contributed by atoms with van der Waals surface area (Å²) in [6.45, 7) is 3.39. The molecule has 1 fully saturated rings. The number of hydrogen-bond acceptors (Lipinski definition) is 4. The SMILES string of the molecule is CN(C[C@@H](CCN1CCC(c2ccccc2[S@](C)=O)CC1)c1ccc(Cl)c(Cl)c1)C(=O)c1cc(C#N)cc2c1CCCC2. The van der Waals surface area contributed by atoms with E-state index in [-0.39, 0.29) is 11.8 Å². The Bertz CT molecular complexity index is 1540. The Morgan fingerprint density at radius 2 is 1.81 bits per heavy atom. The van der Waals surface area contributed by atoms with Gasteiger partial charge in [0.1, 0.15) is 0 Å². The van der Waals surface area contributed by atoms with Gasteiger partial charge < -0.3 is 9.80 Å². The predicted molar refractivity (Wildman–Crippen MR) is 176 cm³/mol. The van der Waals surface area contributed by atoms with Crippen molar-refractivity contribution in [3.05, 3.63) is 98.0 Å². The molecule has 1 saturated heterocycles. The van der Waals surface area contributed by atoms with Gasteiger partial charge in [-0.2, -0.15) is 5.26 Å². The topological polar surface area (TPSA) is 64.4 Å². The third-order valence-corrected chi connectivity index (χ3v) is 10.9. The molecule has 226 valence electrons. The lowest BCUT2D eigenvalue weighted by Crippen LogP contribution is -2.36. The van der Waals surface area contributed by atoms with Crippen molar-refractivity contribution < 1.29 is 9.00 Å². The summed E-state index contributed by atoms with van der Waals surface area (Å²) in [4.78, 5) is 19.1. The van der Waals surface area contributed by atoms with Gasteiger partial charge in [0.05, 0.1) is 32.5 Å². The van der Waals surface area contributed by atoms with Gasteiger partial charge in [0, 0.05) is 36.2 Å². The number of benzene rings is 3. The fourth-order valence-electron chi connectivity index (χ4n) is 6.76. The first-order valence-corrected chi connectivity index (χ1v) is 17.5. The Morgan fingerprint density at radius 3 is 2.53 bits per heavy atom. The first kappa shape index (κ1) is 31.7. The summed E-state index contributed by atoms with van der Waals surface area (Å²) in [6.07, 6.45) is 8.63. The highest BCUT2D eigenvalue weighted by molar-refractivity contribution is 7.84. The van der Waals surface area contributed by atoms with Gasteiger partial charge in [0.25, 0.3) is 5.91 Å². The molecule has 3 aromatic rings. The molecule has 3 aromatic carbocycles. The van der Waals surface area contributed by atoms with E-state index in [2.05, 4.69) is 17.0 Å². The zero-order chi connectivity index (χ0) is 30.5. The molecule has 0 spiro atoms. The van der Waals surface area contributed by atoms with Crippen LogP contribution < -0.4 is 0 Å². The van der Waals surface area contributed by atoms with E-state index in [1.807, 2.05) is 54.4 Å². The second-order valence-corrected chi connectivity index (χ2v) is 14.1. The van der Waals surface area contributed by atoms with Gasteiger partial charge in [-0.3, -0.25) is 9.00 Å². The Kier molecular flexibility index (Phi) is 10.6. The van der Waals surface area contributed by atoms with Crippen LogP contribution in [0.2, 0.25) is 10.0 Å². The number of carbonyl (C=O) groups is 1. The number of fused-ring (bicyclic) bond motifs is 1. The third-order valence-electron chi connectivity index (χ3n) is 9.13. The number of likely N-dealkylation sites (tertiary alicyclic amines) is 1. The van der Waals surface area contributed by atoms with E-state index in [1.54, 1.807) is 12.3 Å². The smallest absolute Gasteiger partial charge is 0.253 e. The molecule has 8 heteroatoms. The van der Waals surface area contributed by atoms with Gasteiger partial charge >= 0.3 is 0 Å². The average Bonchev–Trinajstić information content (AvgIpc) is 3.03. The van der Waals surface area contributed by atoms with Crippen LogP contribution in [0.4, 0.5) is 0 Å². The highest BCUT2D eigenvalue weighted by atomic mass is 35.5. The summed E-state index contributed by atoms with van der Waals surface area (Å²) in [7, 11) is 0.869. The molecule has 1 aliphatic carbocycles. The molecule has 5 nitrogen and oxygen atoms in total. The zero-order valence-electron chi connectivity index (χ0n) is 25.0. The molecule has 2 atom stereocenters. The Morgan fingerprint density at radius 1 is 1.07 bits per heavy atom. The van der Waals surface area contributed by atoms with Crippen molar-refractivity contribution in [1.29, 1.82) is 5.26 Å². The molecule has 0 aromatic heterocycles. The second kappa shape index (κ2) is 14.4. The van der Waals surface area contributed by atoms with Crippen LogP contribution in [0.5, 0.6) is 0 Å². The maximum Gasteiger partial charge on any atom is 0.253 e. The summed E-state index contributed by atoms with van der Waals surface area (Å²) < 4.78 is 12.3. The van der Waals surface area contributed by atoms with E-state index in [4.69, 9.17) is 23.2 Å². The summed E-state index contributed by atoms with van der Waals surface area (Å²) in [5.74, 6) is 0.453. The highest BCUT2D eigenvalue weighted by Gasteiger charge is 2.27. The fraction of sp³-hybridized carbons (Fsp3) is 0.429. The summed E-state index contributed by atoms with van der Waals surface area (Å²) >= 11 is 12.7. The van der Waals surface area contributed by atoms with Gasteiger partial charge in [0.2, 0.25) is 0 Å². The number of amides is 1. The normalized spacial score (nSPS) is 17.1. The molecule has 0 N–H and O–H groups in total. The molecule has 1 aliphatic heterocycles. The van der Waals surface area contributed by atoms with Crippen LogP contribution in [-0.2, 0) is 23.6 Å². The number of rotatable bonds is 9. The Balaban J connectivity index is 1.29. The van der Waals surface area contributed by atoms with Crippen molar-refractivity contribution in [3.8, 4) is 6.07 Å². The minimum atomic E-state index is -0.994. The summed E-state index contributed by atoms with van der Waals surface area (Å²) in [5.41, 5.74) is 5.74. The fourth-order valence-corrected chi connectivity index (χ4v) is 7.90. The number of nitrogens with zero attached hydrogens (tertiary/aromatic N) is 3. The summed E-state index contributed by atoms with van der Waals surface area (Å²) in [6, 6.07) is 19.9. The van der Waals surface area contributed by atoms with Gasteiger partial charge in [-0.25, -0.2) is 0 Å². The first-order valence-electron chi connectivity index (χ1n) is 15.2. The molecule has 0 radical (unpaired) electrons. The van der Waals surface area contributed by atoms with Gasteiger partial charge in [0.15, 0.2) is 0 Å². The van der Waals surface area contributed by atoms with Crippen LogP contribution in [0.15, 0.2) is 59.5 Å². The number of halogens is 2. The molecule has 1 heterocycles. The lowest BCUT2D eigenvalue weighted by atomic mass is 9.86. The quantitative estimate of drug-likeness (QED) is 0.243. The monoisotopic (exact) mass is 635 g/mol. The maximum atomic E-state index is 13.9. The number of piperidine rings is 1. The van der Waals surface area contributed by atoms with Crippen molar-refractivity contribution in [2.24, 2.45) is 0 Å². The summed E-state index contributed by atoms with van der Waals surface area (Å²) in [5, 5.41) is 10.7. The number of aryl methyl sites for hydroxylation is 1. The van der Waals surface area contributed by atoms with E-state index < -0.39 is 10.8 Å². The zero-order valence-corrected chi connectivity index (χ0v) is 27.3. The number of hydrogen-bond donors (Lipinski definition) is 0. The Hall–Kier alpha value is -2.69. The lowest BCUT2D eigenvalue weighted by molar-refractivity contribution is 0.0780. The van der Waals surface area contributed by atoms with E-state index in [0.717, 1.165) is 86.2 Å². The molecule has 1 amide bonds. The van der Waals surface area contributed by atoms with Crippen molar-refractivity contribution in [3.63, 3.8) is 0 Å². The van der Waals surface area contributed by atoms with Crippen molar-refractivity contribution in [1.82, 2.24) is 9.80 Å². The standard InChI is InChI=1S/C35H39Cl2N3O2S/c1-39(35(41)31-20-24(22-38)19-27-7-3-4-8-29(27)31)23-28(26-11-12-32(36)33(37)21-26)15-18-40-16-13-25(14-17-40)30-9-5-6-10-34(30)43(2)42/h5-6,9-12,19-21,25,28H,3-4,7-8,13-18,23H2,1-2H3/t28-,43+/m1/s1. The van der Waals surface area contributed by atoms with Crippen LogP contribution in [0.1, 0.15) is 82.1 Å². The van der Waals surface area contributed by atoms with E-state index in [0.29, 0.717) is 33.6 Å². The van der Waals surface area contributed by atoms with Crippen molar-refractivity contribution in [2.45, 2.75) is 61.7 Å². The van der Waals surface area contributed by atoms with Crippen molar-refractivity contribution in [2.75, 3.05) is 39.5 Å². The molecule has 0 unspecified atom stereocenters. The van der Waals surface area contributed by atoms with Gasteiger partial charge in [-0.15, -0.1) is 0 Å². The minimum absolute atomic E-state index is 0.0342. The molecule has 0 saturated carbocycles. The van der Waals surface area contributed by atoms with Crippen LogP contribution in [-0.4, -0.2) is 59.4 Å².